The highest BCUT2D eigenvalue weighted by Crippen LogP contribution is 2.22. The van der Waals surface area contributed by atoms with Gasteiger partial charge in [-0.15, -0.1) is 0 Å². The minimum absolute atomic E-state index is 0.142. The van der Waals surface area contributed by atoms with Crippen molar-refractivity contribution >= 4 is 5.71 Å². The second kappa shape index (κ2) is 33.5. The zero-order valence-electron chi connectivity index (χ0n) is 34.4. The molecule has 48 heavy (non-hydrogen) atoms. The fourth-order valence-electron chi connectivity index (χ4n) is 6.47. The third-order valence-corrected chi connectivity index (χ3v) is 10.5. The van der Waals surface area contributed by atoms with Gasteiger partial charge in [0.1, 0.15) is 6.10 Å². The number of hydrogen-bond donors (Lipinski definition) is 0. The molecule has 4 nitrogen and oxygen atoms in total. The summed E-state index contributed by atoms with van der Waals surface area (Å²) >= 11 is 0. The molecule has 0 aliphatic carbocycles. The van der Waals surface area contributed by atoms with Gasteiger partial charge in [0.25, 0.3) is 0 Å². The van der Waals surface area contributed by atoms with Gasteiger partial charge >= 0.3 is 0 Å². The number of unbranched alkanes of at least 4 members (excludes halogenated alkanes) is 24. The molecule has 0 radical (unpaired) electrons. The highest BCUT2D eigenvalue weighted by Gasteiger charge is 2.22. The predicted molar refractivity (Wildman–Crippen MR) is 214 cm³/mol. The Morgan fingerprint density at radius 2 is 0.854 bits per heavy atom. The van der Waals surface area contributed by atoms with Gasteiger partial charge in [-0.2, -0.15) is 0 Å². The highest BCUT2D eigenvalue weighted by atomic mass is 16.6. The van der Waals surface area contributed by atoms with Gasteiger partial charge in [-0.1, -0.05) is 173 Å². The van der Waals surface area contributed by atoms with E-state index in [1.807, 2.05) is 0 Å². The Bertz CT molecular complexity index is 659. The normalized spacial score (nSPS) is 12.8. The van der Waals surface area contributed by atoms with Gasteiger partial charge in [-0.3, -0.25) is 0 Å². The summed E-state index contributed by atoms with van der Waals surface area (Å²) in [7, 11) is 1.77. The molecule has 0 fully saturated rings. The average molecular weight is 680 g/mol. The third-order valence-electron chi connectivity index (χ3n) is 10.5. The Labute approximate surface area is 303 Å². The molecular weight excluding hydrogens is 590 g/mol. The van der Waals surface area contributed by atoms with Gasteiger partial charge in [0.2, 0.25) is 0 Å². The van der Waals surface area contributed by atoms with Crippen molar-refractivity contribution in [1.82, 2.24) is 0 Å². The fraction of sp³-hybridized carbons (Fsp3) is 0.977. The van der Waals surface area contributed by atoms with Crippen molar-refractivity contribution in [3.63, 3.8) is 0 Å². The molecule has 0 N–H and O–H groups in total. The topological polar surface area (TPSA) is 40.0 Å². The molecule has 0 aromatic carbocycles. The van der Waals surface area contributed by atoms with Gasteiger partial charge in [0.15, 0.2) is 0 Å². The van der Waals surface area contributed by atoms with Crippen LogP contribution in [0.5, 0.6) is 0 Å². The summed E-state index contributed by atoms with van der Waals surface area (Å²) in [6, 6.07) is 0. The number of oxime groups is 1. The van der Waals surface area contributed by atoms with Crippen LogP contribution in [0.1, 0.15) is 248 Å². The maximum Gasteiger partial charge on any atom is 0.127 e. The van der Waals surface area contributed by atoms with E-state index in [0.29, 0.717) is 6.61 Å². The van der Waals surface area contributed by atoms with Crippen molar-refractivity contribution in [2.45, 2.75) is 265 Å². The SMILES string of the molecule is CCCCCCCCCCCCCCCC(CCCCCCCCCCCCCCC)O/N=C(\C)CCC(C)(C)OCCC(C)(C)OC. The molecule has 4 heteroatoms. The van der Waals surface area contributed by atoms with E-state index in [0.717, 1.165) is 37.8 Å². The molecule has 0 spiro atoms. The Kier molecular flexibility index (Phi) is 33.1. The lowest BCUT2D eigenvalue weighted by Crippen LogP contribution is -2.30. The average Bonchev–Trinajstić information content (AvgIpc) is 3.06. The summed E-state index contributed by atoms with van der Waals surface area (Å²) in [6.45, 7) is 16.0. The fourth-order valence-corrected chi connectivity index (χ4v) is 6.47. The smallest absolute Gasteiger partial charge is 0.127 e. The highest BCUT2D eigenvalue weighted by molar-refractivity contribution is 5.81. The van der Waals surface area contributed by atoms with E-state index in [-0.39, 0.29) is 17.3 Å². The maximum atomic E-state index is 6.25. The van der Waals surface area contributed by atoms with Crippen molar-refractivity contribution in [3.05, 3.63) is 0 Å². The standard InChI is InChI=1S/C44H89NO3/c1-9-11-13-15-17-19-21-23-25-27-29-31-33-35-42(36-34-32-30-28-26-24-22-20-18-16-14-12-10-2)48-45-41(3)37-38-44(6,7)47-40-39-43(4,5)46-8/h42H,9-40H2,1-8H3/b45-41+. The van der Waals surface area contributed by atoms with E-state index in [2.05, 4.69) is 53.6 Å². The first-order valence-corrected chi connectivity index (χ1v) is 21.5. The molecule has 0 aromatic heterocycles. The third kappa shape index (κ3) is 33.9. The summed E-state index contributed by atoms with van der Waals surface area (Å²) in [4.78, 5) is 6.25. The molecule has 0 rings (SSSR count). The van der Waals surface area contributed by atoms with Crippen molar-refractivity contribution < 1.29 is 14.3 Å². The lowest BCUT2D eigenvalue weighted by Gasteiger charge is -2.29. The van der Waals surface area contributed by atoms with Crippen LogP contribution in [-0.2, 0) is 14.3 Å². The van der Waals surface area contributed by atoms with Crippen LogP contribution in [0.2, 0.25) is 0 Å². The quantitative estimate of drug-likeness (QED) is 0.0370. The second-order valence-corrected chi connectivity index (χ2v) is 16.4. The van der Waals surface area contributed by atoms with E-state index in [1.54, 1.807) is 7.11 Å². The summed E-state index contributed by atoms with van der Waals surface area (Å²) in [5, 5.41) is 4.66. The zero-order valence-corrected chi connectivity index (χ0v) is 34.4. The van der Waals surface area contributed by atoms with Gasteiger partial charge in [-0.05, 0) is 79.6 Å². The summed E-state index contributed by atoms with van der Waals surface area (Å²) < 4.78 is 11.8. The first-order valence-electron chi connectivity index (χ1n) is 21.5. The van der Waals surface area contributed by atoms with Crippen LogP contribution in [0.15, 0.2) is 5.16 Å². The van der Waals surface area contributed by atoms with Crippen molar-refractivity contribution in [1.29, 1.82) is 0 Å². The second-order valence-electron chi connectivity index (χ2n) is 16.4. The molecule has 0 unspecified atom stereocenters. The van der Waals surface area contributed by atoms with E-state index in [1.165, 1.54) is 167 Å². The predicted octanol–water partition coefficient (Wildman–Crippen LogP) is 15.1. The van der Waals surface area contributed by atoms with Gasteiger partial charge in [0.05, 0.1) is 23.5 Å². The monoisotopic (exact) mass is 680 g/mol. The summed E-state index contributed by atoms with van der Waals surface area (Å²) in [5.74, 6) is 0. The molecule has 0 bridgehead atoms. The van der Waals surface area contributed by atoms with Gasteiger partial charge in [-0.25, -0.2) is 0 Å². The van der Waals surface area contributed by atoms with Crippen LogP contribution in [0.4, 0.5) is 0 Å². The van der Waals surface area contributed by atoms with Crippen LogP contribution in [-0.4, -0.2) is 36.7 Å². The van der Waals surface area contributed by atoms with E-state index in [4.69, 9.17) is 14.3 Å². The lowest BCUT2D eigenvalue weighted by molar-refractivity contribution is -0.0604. The first kappa shape index (κ1) is 47.4. The molecule has 0 saturated carbocycles. The largest absolute Gasteiger partial charge is 0.393 e. The van der Waals surface area contributed by atoms with E-state index < -0.39 is 0 Å². The number of hydrogen-bond acceptors (Lipinski definition) is 4. The van der Waals surface area contributed by atoms with Crippen LogP contribution in [0.3, 0.4) is 0 Å². The minimum atomic E-state index is -0.177. The molecule has 0 aliphatic heterocycles. The number of rotatable bonds is 38. The molecule has 0 amide bonds. The van der Waals surface area contributed by atoms with E-state index in [9.17, 15) is 0 Å². The molecule has 0 aliphatic rings. The molecule has 0 heterocycles. The Hall–Kier alpha value is -0.610. The van der Waals surface area contributed by atoms with Crippen LogP contribution >= 0.6 is 0 Å². The van der Waals surface area contributed by atoms with Crippen LogP contribution < -0.4 is 0 Å². The minimum Gasteiger partial charge on any atom is -0.393 e. The Balaban J connectivity index is 4.39. The zero-order chi connectivity index (χ0) is 35.6. The summed E-state index contributed by atoms with van der Waals surface area (Å²) in [6.07, 6.45) is 41.7. The molecule has 0 aromatic rings. The van der Waals surface area contributed by atoms with Gasteiger partial charge in [0, 0.05) is 7.11 Å². The maximum absolute atomic E-state index is 6.25. The number of ether oxygens (including phenoxy) is 2. The molecular formula is C44H89NO3. The van der Waals surface area contributed by atoms with Crippen LogP contribution in [0, 0.1) is 0 Å². The van der Waals surface area contributed by atoms with Crippen molar-refractivity contribution in [2.75, 3.05) is 13.7 Å². The van der Waals surface area contributed by atoms with Crippen LogP contribution in [0.25, 0.3) is 0 Å². The number of methoxy groups -OCH3 is 1. The lowest BCUT2D eigenvalue weighted by atomic mass is 10.00. The molecule has 0 saturated heterocycles. The Morgan fingerprint density at radius 1 is 0.500 bits per heavy atom. The number of nitrogens with zero attached hydrogens (tertiary/aromatic N) is 1. The first-order chi connectivity index (χ1) is 23.2. The van der Waals surface area contributed by atoms with E-state index >= 15 is 0 Å². The van der Waals surface area contributed by atoms with Gasteiger partial charge < -0.3 is 14.3 Å². The molecule has 288 valence electrons. The summed E-state index contributed by atoms with van der Waals surface area (Å²) in [5.41, 5.74) is 0.768. The Morgan fingerprint density at radius 3 is 1.21 bits per heavy atom. The van der Waals surface area contributed by atoms with Crippen molar-refractivity contribution in [3.8, 4) is 0 Å². The van der Waals surface area contributed by atoms with Crippen molar-refractivity contribution in [2.24, 2.45) is 5.16 Å². The molecule has 0 atom stereocenters.